The quantitative estimate of drug-likeness (QED) is 0.920. The Kier molecular flexibility index (Phi) is 3.45. The van der Waals surface area contributed by atoms with E-state index >= 15 is 0 Å². The number of rotatable bonds is 3. The second kappa shape index (κ2) is 5.24. The lowest BCUT2D eigenvalue weighted by Gasteiger charge is -2.09. The van der Waals surface area contributed by atoms with E-state index in [1.54, 1.807) is 0 Å². The largest absolute Gasteiger partial charge is 0.489 e. The van der Waals surface area contributed by atoms with Gasteiger partial charge in [-0.3, -0.25) is 0 Å². The molecule has 0 fully saturated rings. The minimum absolute atomic E-state index is 0.305. The van der Waals surface area contributed by atoms with E-state index in [1.807, 2.05) is 42.5 Å². The predicted octanol–water partition coefficient (Wildman–Crippen LogP) is 3.90. The molecule has 0 radical (unpaired) electrons. The van der Waals surface area contributed by atoms with E-state index in [9.17, 15) is 5.11 Å². The molecule has 1 unspecified atom stereocenters. The van der Waals surface area contributed by atoms with Gasteiger partial charge in [0, 0.05) is 5.02 Å². The molecule has 3 rings (SSSR count). The number of ether oxygens (including phenoxy) is 1. The van der Waals surface area contributed by atoms with E-state index in [1.165, 1.54) is 5.56 Å². The molecule has 1 aliphatic carbocycles. The number of hydrogen-bond acceptors (Lipinski definition) is 2. The molecule has 0 spiro atoms. The van der Waals surface area contributed by atoms with E-state index in [-0.39, 0.29) is 6.10 Å². The Balaban J connectivity index is 1.69. The van der Waals surface area contributed by atoms with Crippen molar-refractivity contribution in [3.63, 3.8) is 0 Å². The average molecular weight is 275 g/mol. The fourth-order valence-corrected chi connectivity index (χ4v) is 2.53. The Labute approximate surface area is 117 Å². The molecule has 1 atom stereocenters. The first kappa shape index (κ1) is 12.5. The van der Waals surface area contributed by atoms with Crippen LogP contribution in [0.25, 0.3) is 0 Å². The summed E-state index contributed by atoms with van der Waals surface area (Å²) in [4.78, 5) is 0. The monoisotopic (exact) mass is 274 g/mol. The molecule has 0 bridgehead atoms. The van der Waals surface area contributed by atoms with Gasteiger partial charge >= 0.3 is 0 Å². The van der Waals surface area contributed by atoms with Crippen LogP contribution in [-0.4, -0.2) is 5.11 Å². The molecule has 3 heteroatoms. The smallest absolute Gasteiger partial charge is 0.120 e. The second-order valence-corrected chi connectivity index (χ2v) is 5.27. The summed E-state index contributed by atoms with van der Waals surface area (Å²) in [6.07, 6.45) is 1.44. The maximum absolute atomic E-state index is 9.75. The first-order valence-electron chi connectivity index (χ1n) is 6.40. The molecule has 0 amide bonds. The van der Waals surface area contributed by atoms with Gasteiger partial charge in [-0.25, -0.2) is 0 Å². The molecule has 1 N–H and O–H groups in total. The van der Waals surface area contributed by atoms with Gasteiger partial charge in [0.25, 0.3) is 0 Å². The molecule has 0 aliphatic heterocycles. The van der Waals surface area contributed by atoms with Crippen molar-refractivity contribution >= 4 is 11.6 Å². The minimum atomic E-state index is -0.305. The van der Waals surface area contributed by atoms with E-state index in [2.05, 4.69) is 0 Å². The summed E-state index contributed by atoms with van der Waals surface area (Å²) in [5.41, 5.74) is 3.32. The highest BCUT2D eigenvalue weighted by Gasteiger charge is 2.20. The van der Waals surface area contributed by atoms with Crippen LogP contribution >= 0.6 is 11.6 Å². The standard InChI is InChI=1S/C16H15ClO2/c17-13-4-1-11(2-5-13)10-19-14-6-7-15-12(9-14)3-8-16(15)18/h1-2,4-7,9,16,18H,3,8,10H2. The molecule has 0 saturated carbocycles. The van der Waals surface area contributed by atoms with Crippen LogP contribution in [0.1, 0.15) is 29.2 Å². The highest BCUT2D eigenvalue weighted by Crippen LogP contribution is 2.33. The molecule has 19 heavy (non-hydrogen) atoms. The van der Waals surface area contributed by atoms with Gasteiger partial charge in [-0.15, -0.1) is 0 Å². The van der Waals surface area contributed by atoms with Crippen LogP contribution in [0.15, 0.2) is 42.5 Å². The Bertz CT molecular complexity index is 578. The minimum Gasteiger partial charge on any atom is -0.489 e. The summed E-state index contributed by atoms with van der Waals surface area (Å²) in [5.74, 6) is 0.850. The molecule has 1 aliphatic rings. The zero-order valence-corrected chi connectivity index (χ0v) is 11.2. The summed E-state index contributed by atoms with van der Waals surface area (Å²) in [5, 5.41) is 10.5. The normalized spacial score (nSPS) is 17.3. The van der Waals surface area contributed by atoms with Gasteiger partial charge < -0.3 is 9.84 Å². The second-order valence-electron chi connectivity index (χ2n) is 4.83. The van der Waals surface area contributed by atoms with Crippen LogP contribution in [0.2, 0.25) is 5.02 Å². The van der Waals surface area contributed by atoms with E-state index in [0.717, 1.165) is 34.7 Å². The van der Waals surface area contributed by atoms with E-state index in [0.29, 0.717) is 6.61 Å². The number of aliphatic hydroxyl groups is 1. The number of aliphatic hydroxyl groups excluding tert-OH is 1. The van der Waals surface area contributed by atoms with Gasteiger partial charge in [0.15, 0.2) is 0 Å². The maximum Gasteiger partial charge on any atom is 0.120 e. The summed E-state index contributed by atoms with van der Waals surface area (Å²) in [7, 11) is 0. The van der Waals surface area contributed by atoms with Gasteiger partial charge in [0.05, 0.1) is 6.10 Å². The van der Waals surface area contributed by atoms with Gasteiger partial charge in [-0.2, -0.15) is 0 Å². The van der Waals surface area contributed by atoms with E-state index in [4.69, 9.17) is 16.3 Å². The maximum atomic E-state index is 9.75. The molecular formula is C16H15ClO2. The number of aryl methyl sites for hydroxylation is 1. The zero-order valence-electron chi connectivity index (χ0n) is 10.5. The van der Waals surface area contributed by atoms with Crippen LogP contribution in [0.4, 0.5) is 0 Å². The lowest BCUT2D eigenvalue weighted by Crippen LogP contribution is -1.96. The third-order valence-electron chi connectivity index (χ3n) is 3.48. The fraction of sp³-hybridized carbons (Fsp3) is 0.250. The van der Waals surface area contributed by atoms with Crippen molar-refractivity contribution in [3.8, 4) is 5.75 Å². The van der Waals surface area contributed by atoms with Crippen molar-refractivity contribution in [2.24, 2.45) is 0 Å². The number of benzene rings is 2. The third kappa shape index (κ3) is 2.75. The Morgan fingerprint density at radius 2 is 1.95 bits per heavy atom. The molecule has 2 aromatic carbocycles. The van der Waals surface area contributed by atoms with Crippen LogP contribution in [-0.2, 0) is 13.0 Å². The lowest BCUT2D eigenvalue weighted by molar-refractivity contribution is 0.180. The first-order valence-corrected chi connectivity index (χ1v) is 6.78. The summed E-state index contributed by atoms with van der Waals surface area (Å²) in [6.45, 7) is 0.526. The van der Waals surface area contributed by atoms with Crippen LogP contribution < -0.4 is 4.74 Å². The summed E-state index contributed by atoms with van der Waals surface area (Å²) in [6, 6.07) is 13.5. The van der Waals surface area contributed by atoms with Crippen LogP contribution in [0.3, 0.4) is 0 Å². The highest BCUT2D eigenvalue weighted by atomic mass is 35.5. The number of hydrogen-bond donors (Lipinski definition) is 1. The first-order chi connectivity index (χ1) is 9.22. The molecule has 98 valence electrons. The fourth-order valence-electron chi connectivity index (χ4n) is 2.41. The Morgan fingerprint density at radius 1 is 1.16 bits per heavy atom. The van der Waals surface area contributed by atoms with Crippen molar-refractivity contribution in [2.75, 3.05) is 0 Å². The highest BCUT2D eigenvalue weighted by molar-refractivity contribution is 6.30. The van der Waals surface area contributed by atoms with Crippen LogP contribution in [0.5, 0.6) is 5.75 Å². The molecule has 0 heterocycles. The van der Waals surface area contributed by atoms with Crippen molar-refractivity contribution in [1.29, 1.82) is 0 Å². The van der Waals surface area contributed by atoms with E-state index < -0.39 is 0 Å². The molecule has 2 nitrogen and oxygen atoms in total. The topological polar surface area (TPSA) is 29.5 Å². The SMILES string of the molecule is OC1CCc2cc(OCc3ccc(Cl)cc3)ccc21. The molecule has 2 aromatic rings. The number of halogens is 1. The van der Waals surface area contributed by atoms with Gasteiger partial charge in [-0.05, 0) is 53.8 Å². The van der Waals surface area contributed by atoms with Crippen molar-refractivity contribution < 1.29 is 9.84 Å². The van der Waals surface area contributed by atoms with Crippen molar-refractivity contribution in [3.05, 3.63) is 64.2 Å². The van der Waals surface area contributed by atoms with Crippen molar-refractivity contribution in [1.82, 2.24) is 0 Å². The molecule has 0 saturated heterocycles. The lowest BCUT2D eigenvalue weighted by atomic mass is 10.1. The number of fused-ring (bicyclic) bond motifs is 1. The average Bonchev–Trinajstić information content (AvgIpc) is 2.79. The molecule has 0 aromatic heterocycles. The summed E-state index contributed by atoms with van der Waals surface area (Å²) >= 11 is 5.84. The van der Waals surface area contributed by atoms with Gasteiger partial charge in [-0.1, -0.05) is 29.8 Å². The predicted molar refractivity (Wildman–Crippen MR) is 75.5 cm³/mol. The Hall–Kier alpha value is -1.51. The molecular weight excluding hydrogens is 260 g/mol. The van der Waals surface area contributed by atoms with Gasteiger partial charge in [0.2, 0.25) is 0 Å². The third-order valence-corrected chi connectivity index (χ3v) is 3.73. The Morgan fingerprint density at radius 3 is 2.74 bits per heavy atom. The zero-order chi connectivity index (χ0) is 13.2. The summed E-state index contributed by atoms with van der Waals surface area (Å²) < 4.78 is 5.77. The van der Waals surface area contributed by atoms with Gasteiger partial charge in [0.1, 0.15) is 12.4 Å². The van der Waals surface area contributed by atoms with Crippen molar-refractivity contribution in [2.45, 2.75) is 25.6 Å². The van der Waals surface area contributed by atoms with Crippen LogP contribution in [0, 0.1) is 0 Å².